The third-order valence-electron chi connectivity index (χ3n) is 7.89. The monoisotopic (exact) mass is 527 g/mol. The zero-order valence-electron chi connectivity index (χ0n) is 22.9. The number of carbonyl (C=O) groups is 2. The topological polar surface area (TPSA) is 79.9 Å². The molecule has 2 aliphatic rings. The number of aryl methyl sites for hydroxylation is 1. The predicted molar refractivity (Wildman–Crippen MR) is 152 cm³/mol. The molecule has 1 saturated heterocycles. The van der Waals surface area contributed by atoms with Crippen LogP contribution in [0.5, 0.6) is 5.75 Å². The number of likely N-dealkylation sites (tertiary alicyclic amines) is 1. The van der Waals surface area contributed by atoms with Gasteiger partial charge in [-0.1, -0.05) is 60.7 Å². The quantitative estimate of drug-likeness (QED) is 0.385. The number of benzene rings is 3. The number of ether oxygens (including phenoxy) is 2. The molecular weight excluding hydrogens is 490 g/mol. The average Bonchev–Trinajstić information content (AvgIpc) is 2.96. The van der Waals surface area contributed by atoms with Gasteiger partial charge in [0.05, 0.1) is 13.2 Å². The zero-order chi connectivity index (χ0) is 27.4. The summed E-state index contributed by atoms with van der Waals surface area (Å²) in [4.78, 5) is 27.5. The van der Waals surface area contributed by atoms with E-state index in [-0.39, 0.29) is 42.8 Å². The van der Waals surface area contributed by atoms with E-state index in [0.717, 1.165) is 46.5 Å². The normalized spacial score (nSPS) is 21.5. The number of piperidine rings is 1. The van der Waals surface area contributed by atoms with Crippen molar-refractivity contribution in [3.8, 4) is 5.75 Å². The van der Waals surface area contributed by atoms with E-state index in [9.17, 15) is 9.59 Å². The molecule has 2 aliphatic heterocycles. The van der Waals surface area contributed by atoms with Crippen molar-refractivity contribution in [3.05, 3.63) is 95.1 Å². The Hall–Kier alpha value is -3.84. The van der Waals surface area contributed by atoms with Crippen LogP contribution in [-0.4, -0.2) is 36.1 Å². The number of methoxy groups -OCH3 is 1. The number of fused-ring (bicyclic) bond motifs is 1. The summed E-state index contributed by atoms with van der Waals surface area (Å²) in [6.45, 7) is 4.43. The van der Waals surface area contributed by atoms with Gasteiger partial charge in [0, 0.05) is 35.8 Å². The maximum atomic E-state index is 13.6. The minimum absolute atomic E-state index is 0.0156. The molecule has 0 spiro atoms. The van der Waals surface area contributed by atoms with Crippen LogP contribution in [0.25, 0.3) is 0 Å². The fourth-order valence-electron chi connectivity index (χ4n) is 5.84. The number of anilines is 1. The van der Waals surface area contributed by atoms with Crippen LogP contribution >= 0.6 is 0 Å². The van der Waals surface area contributed by atoms with Crippen molar-refractivity contribution in [1.29, 1.82) is 0 Å². The Balaban J connectivity index is 1.41. The van der Waals surface area contributed by atoms with Crippen molar-refractivity contribution < 1.29 is 19.1 Å². The minimum atomic E-state index is -0.312. The molecule has 0 aliphatic carbocycles. The third-order valence-corrected chi connectivity index (χ3v) is 7.89. The summed E-state index contributed by atoms with van der Waals surface area (Å²) in [5.41, 5.74) is 4.93. The first-order valence-corrected chi connectivity index (χ1v) is 13.7. The SMILES string of the molecule is COc1cc2c(cc1C(C)NC1CCC(C)N(C(=O)OCc3ccccc3)C1c1ccccc1)NC(=O)CC2. The summed E-state index contributed by atoms with van der Waals surface area (Å²) in [5.74, 6) is 0.832. The molecule has 4 atom stereocenters. The van der Waals surface area contributed by atoms with E-state index >= 15 is 0 Å². The number of amides is 2. The lowest BCUT2D eigenvalue weighted by atomic mass is 9.86. The molecule has 0 aromatic heterocycles. The van der Waals surface area contributed by atoms with Crippen molar-refractivity contribution in [2.24, 2.45) is 0 Å². The lowest BCUT2D eigenvalue weighted by Crippen LogP contribution is -2.54. The molecule has 7 nitrogen and oxygen atoms in total. The van der Waals surface area contributed by atoms with Crippen LogP contribution in [0.4, 0.5) is 10.5 Å². The van der Waals surface area contributed by atoms with Gasteiger partial charge >= 0.3 is 6.09 Å². The minimum Gasteiger partial charge on any atom is -0.496 e. The smallest absolute Gasteiger partial charge is 0.410 e. The van der Waals surface area contributed by atoms with E-state index in [1.165, 1.54) is 0 Å². The molecule has 3 aromatic rings. The second kappa shape index (κ2) is 11.9. The van der Waals surface area contributed by atoms with Gasteiger partial charge in [-0.05, 0) is 61.9 Å². The van der Waals surface area contributed by atoms with Gasteiger partial charge in [-0.25, -0.2) is 4.79 Å². The van der Waals surface area contributed by atoms with Crippen molar-refractivity contribution in [3.63, 3.8) is 0 Å². The fraction of sp³-hybridized carbons (Fsp3) is 0.375. The lowest BCUT2D eigenvalue weighted by molar-refractivity contribution is -0.116. The highest BCUT2D eigenvalue weighted by molar-refractivity contribution is 5.94. The van der Waals surface area contributed by atoms with E-state index < -0.39 is 0 Å². The van der Waals surface area contributed by atoms with Crippen molar-refractivity contribution in [2.75, 3.05) is 12.4 Å². The Bertz CT molecular complexity index is 1300. The number of nitrogens with zero attached hydrogens (tertiary/aromatic N) is 1. The summed E-state index contributed by atoms with van der Waals surface area (Å²) < 4.78 is 11.6. The van der Waals surface area contributed by atoms with E-state index in [1.54, 1.807) is 7.11 Å². The standard InChI is InChI=1S/C32H37N3O4/c1-21-14-16-27(33-22(2)26-19-28-25(18-29(26)38-3)15-17-30(36)34-28)31(24-12-8-5-9-13-24)35(21)32(37)39-20-23-10-6-4-7-11-23/h4-13,18-19,21-22,27,31,33H,14-17,20H2,1-3H3,(H,34,36). The highest BCUT2D eigenvalue weighted by Crippen LogP contribution is 2.39. The van der Waals surface area contributed by atoms with E-state index in [4.69, 9.17) is 9.47 Å². The molecule has 204 valence electrons. The molecule has 5 rings (SSSR count). The first kappa shape index (κ1) is 26.8. The average molecular weight is 528 g/mol. The number of nitrogens with one attached hydrogen (secondary N) is 2. The molecule has 3 aromatic carbocycles. The van der Waals surface area contributed by atoms with Gasteiger partial charge in [0.1, 0.15) is 12.4 Å². The molecule has 1 fully saturated rings. The van der Waals surface area contributed by atoms with Gasteiger partial charge in [0.15, 0.2) is 0 Å². The second-order valence-electron chi connectivity index (χ2n) is 10.5. The molecule has 0 bridgehead atoms. The Morgan fingerprint density at radius 3 is 2.49 bits per heavy atom. The van der Waals surface area contributed by atoms with Gasteiger partial charge in [-0.3, -0.25) is 9.69 Å². The molecule has 2 N–H and O–H groups in total. The number of carbonyl (C=O) groups excluding carboxylic acids is 2. The van der Waals surface area contributed by atoms with Crippen molar-refractivity contribution >= 4 is 17.7 Å². The molecule has 2 heterocycles. The molecule has 0 radical (unpaired) electrons. The number of rotatable bonds is 7. The lowest BCUT2D eigenvalue weighted by Gasteiger charge is -2.46. The van der Waals surface area contributed by atoms with Crippen molar-refractivity contribution in [2.45, 2.75) is 70.3 Å². The number of hydrogen-bond donors (Lipinski definition) is 2. The van der Waals surface area contributed by atoms with E-state index in [0.29, 0.717) is 12.8 Å². The third kappa shape index (κ3) is 5.93. The highest BCUT2D eigenvalue weighted by atomic mass is 16.6. The molecular formula is C32H37N3O4. The fourth-order valence-corrected chi connectivity index (χ4v) is 5.84. The molecule has 0 saturated carbocycles. The Labute approximate surface area is 230 Å². The van der Waals surface area contributed by atoms with Crippen LogP contribution in [0.15, 0.2) is 72.8 Å². The molecule has 7 heteroatoms. The van der Waals surface area contributed by atoms with Gasteiger partial charge in [-0.15, -0.1) is 0 Å². The molecule has 39 heavy (non-hydrogen) atoms. The summed E-state index contributed by atoms with van der Waals surface area (Å²) in [6.07, 6.45) is 2.63. The summed E-state index contributed by atoms with van der Waals surface area (Å²) in [5, 5.41) is 6.82. The number of hydrogen-bond acceptors (Lipinski definition) is 5. The largest absolute Gasteiger partial charge is 0.496 e. The summed E-state index contributed by atoms with van der Waals surface area (Å²) >= 11 is 0. The van der Waals surface area contributed by atoms with Gasteiger partial charge in [0.2, 0.25) is 5.91 Å². The maximum Gasteiger partial charge on any atom is 0.410 e. The van der Waals surface area contributed by atoms with E-state index in [2.05, 4.69) is 36.6 Å². The van der Waals surface area contributed by atoms with Gasteiger partial charge in [-0.2, -0.15) is 0 Å². The Kier molecular flexibility index (Phi) is 8.17. The Morgan fingerprint density at radius 1 is 1.05 bits per heavy atom. The van der Waals surface area contributed by atoms with Crippen LogP contribution in [-0.2, 0) is 22.6 Å². The first-order chi connectivity index (χ1) is 18.9. The maximum absolute atomic E-state index is 13.6. The van der Waals surface area contributed by atoms with Gasteiger partial charge in [0.25, 0.3) is 0 Å². The highest BCUT2D eigenvalue weighted by Gasteiger charge is 2.41. The Morgan fingerprint density at radius 2 is 1.77 bits per heavy atom. The van der Waals surface area contributed by atoms with Crippen molar-refractivity contribution in [1.82, 2.24) is 10.2 Å². The summed E-state index contributed by atoms with van der Waals surface area (Å²) in [6, 6.07) is 23.7. The first-order valence-electron chi connectivity index (χ1n) is 13.7. The molecule has 4 unspecified atom stereocenters. The van der Waals surface area contributed by atoms with Crippen LogP contribution in [0, 0.1) is 0 Å². The van der Waals surface area contributed by atoms with E-state index in [1.807, 2.05) is 65.6 Å². The predicted octanol–water partition coefficient (Wildman–Crippen LogP) is 6.16. The second-order valence-corrected chi connectivity index (χ2v) is 10.5. The molecule has 2 amide bonds. The zero-order valence-corrected chi connectivity index (χ0v) is 22.9. The van der Waals surface area contributed by atoms with Crippen LogP contribution in [0.2, 0.25) is 0 Å². The van der Waals surface area contributed by atoms with Crippen LogP contribution in [0.1, 0.15) is 67.4 Å². The summed E-state index contributed by atoms with van der Waals surface area (Å²) in [7, 11) is 1.68. The van der Waals surface area contributed by atoms with Crippen LogP contribution < -0.4 is 15.4 Å². The van der Waals surface area contributed by atoms with Gasteiger partial charge < -0.3 is 20.1 Å². The van der Waals surface area contributed by atoms with Crippen LogP contribution in [0.3, 0.4) is 0 Å².